The van der Waals surface area contributed by atoms with E-state index < -0.39 is 0 Å². The maximum Gasteiger partial charge on any atom is 0.357 e. The van der Waals surface area contributed by atoms with Gasteiger partial charge in [0.05, 0.1) is 14.2 Å². The Balaban J connectivity index is 2.45. The standard InChI is InChI=1S/C12H16N2O3/c1-14-7-8-5-4-6-13-9(8)11(16-2)10(14)12(15)17-3/h4-6,9,13H,7H2,1-3H3. The molecule has 2 aliphatic heterocycles. The van der Waals surface area contributed by atoms with Gasteiger partial charge in [-0.05, 0) is 17.8 Å². The van der Waals surface area contributed by atoms with Crippen molar-refractivity contribution in [2.45, 2.75) is 6.04 Å². The Labute approximate surface area is 100 Å². The SMILES string of the molecule is COC(=O)C1=C(OC)C2NC=CC=C2CN1C. The van der Waals surface area contributed by atoms with E-state index in [4.69, 9.17) is 9.47 Å². The lowest BCUT2D eigenvalue weighted by Gasteiger charge is -2.36. The van der Waals surface area contributed by atoms with Crippen LogP contribution in [0.25, 0.3) is 0 Å². The van der Waals surface area contributed by atoms with Crippen LogP contribution in [0.5, 0.6) is 0 Å². The van der Waals surface area contributed by atoms with Crippen LogP contribution in [-0.2, 0) is 14.3 Å². The summed E-state index contributed by atoms with van der Waals surface area (Å²) >= 11 is 0. The molecule has 0 aromatic carbocycles. The number of likely N-dealkylation sites (N-methyl/N-ethyl adjacent to an activating group) is 1. The second-order valence-corrected chi connectivity index (χ2v) is 3.97. The molecular formula is C12H16N2O3. The van der Waals surface area contributed by atoms with Crippen molar-refractivity contribution in [3.05, 3.63) is 35.4 Å². The van der Waals surface area contributed by atoms with Crippen molar-refractivity contribution in [1.82, 2.24) is 10.2 Å². The van der Waals surface area contributed by atoms with Gasteiger partial charge in [-0.2, -0.15) is 0 Å². The van der Waals surface area contributed by atoms with E-state index in [1.54, 1.807) is 7.11 Å². The summed E-state index contributed by atoms with van der Waals surface area (Å²) in [5.74, 6) is 0.223. The van der Waals surface area contributed by atoms with Crippen molar-refractivity contribution in [3.63, 3.8) is 0 Å². The summed E-state index contributed by atoms with van der Waals surface area (Å²) in [6.45, 7) is 0.680. The summed E-state index contributed by atoms with van der Waals surface area (Å²) < 4.78 is 10.2. The number of allylic oxidation sites excluding steroid dienone is 2. The van der Waals surface area contributed by atoms with Crippen molar-refractivity contribution in [2.24, 2.45) is 0 Å². The van der Waals surface area contributed by atoms with E-state index in [-0.39, 0.29) is 12.0 Å². The first kappa shape index (κ1) is 11.6. The fourth-order valence-corrected chi connectivity index (χ4v) is 2.16. The smallest absolute Gasteiger partial charge is 0.357 e. The van der Waals surface area contributed by atoms with Gasteiger partial charge in [-0.15, -0.1) is 0 Å². The molecular weight excluding hydrogens is 220 g/mol. The number of ether oxygens (including phenoxy) is 2. The average molecular weight is 236 g/mol. The van der Waals surface area contributed by atoms with Gasteiger partial charge in [0, 0.05) is 13.6 Å². The molecule has 2 rings (SSSR count). The zero-order chi connectivity index (χ0) is 12.4. The van der Waals surface area contributed by atoms with E-state index in [1.165, 1.54) is 12.7 Å². The lowest BCUT2D eigenvalue weighted by molar-refractivity contribution is -0.138. The average Bonchev–Trinajstić information content (AvgIpc) is 2.36. The summed E-state index contributed by atoms with van der Waals surface area (Å²) in [5.41, 5.74) is 1.64. The highest BCUT2D eigenvalue weighted by molar-refractivity contribution is 5.89. The molecule has 0 saturated carbocycles. The van der Waals surface area contributed by atoms with E-state index >= 15 is 0 Å². The number of rotatable bonds is 2. The minimum atomic E-state index is -0.375. The molecule has 0 radical (unpaired) electrons. The number of hydrogen-bond acceptors (Lipinski definition) is 5. The Hall–Kier alpha value is -1.91. The van der Waals surface area contributed by atoms with Gasteiger partial charge in [0.2, 0.25) is 0 Å². The Kier molecular flexibility index (Phi) is 3.08. The van der Waals surface area contributed by atoms with E-state index in [1.807, 2.05) is 30.3 Å². The third-order valence-electron chi connectivity index (χ3n) is 2.94. The Morgan fingerprint density at radius 2 is 2.29 bits per heavy atom. The predicted octanol–water partition coefficient (Wildman–Crippen LogP) is 0.375. The molecule has 2 heterocycles. The molecule has 0 aliphatic carbocycles. The van der Waals surface area contributed by atoms with Gasteiger partial charge in [0.15, 0.2) is 11.5 Å². The Bertz CT molecular complexity index is 423. The number of methoxy groups -OCH3 is 2. The quantitative estimate of drug-likeness (QED) is 0.702. The maximum absolute atomic E-state index is 11.8. The van der Waals surface area contributed by atoms with Crippen LogP contribution in [0.3, 0.4) is 0 Å². The van der Waals surface area contributed by atoms with Gasteiger partial charge in [0.1, 0.15) is 6.04 Å². The second-order valence-electron chi connectivity index (χ2n) is 3.97. The van der Waals surface area contributed by atoms with Crippen LogP contribution in [0.15, 0.2) is 35.4 Å². The van der Waals surface area contributed by atoms with Crippen LogP contribution >= 0.6 is 0 Å². The van der Waals surface area contributed by atoms with E-state index in [2.05, 4.69) is 5.32 Å². The summed E-state index contributed by atoms with van der Waals surface area (Å²) in [6, 6.07) is -0.0738. The fourth-order valence-electron chi connectivity index (χ4n) is 2.16. The van der Waals surface area contributed by atoms with Crippen molar-refractivity contribution in [3.8, 4) is 0 Å². The zero-order valence-electron chi connectivity index (χ0n) is 10.2. The highest BCUT2D eigenvalue weighted by Crippen LogP contribution is 2.28. The molecule has 2 aliphatic rings. The van der Waals surface area contributed by atoms with Crippen LogP contribution in [0, 0.1) is 0 Å². The summed E-state index contributed by atoms with van der Waals surface area (Å²) in [7, 11) is 4.78. The van der Waals surface area contributed by atoms with Crippen molar-refractivity contribution < 1.29 is 14.3 Å². The monoisotopic (exact) mass is 236 g/mol. The van der Waals surface area contributed by atoms with Gasteiger partial charge >= 0.3 is 5.97 Å². The fraction of sp³-hybridized carbons (Fsp3) is 0.417. The molecule has 5 nitrogen and oxygen atoms in total. The molecule has 0 spiro atoms. The number of carbonyl (C=O) groups excluding carboxylic acids is 1. The molecule has 1 N–H and O–H groups in total. The molecule has 17 heavy (non-hydrogen) atoms. The molecule has 0 aromatic rings. The molecule has 5 heteroatoms. The zero-order valence-corrected chi connectivity index (χ0v) is 10.2. The summed E-state index contributed by atoms with van der Waals surface area (Å²) in [4.78, 5) is 13.6. The van der Waals surface area contributed by atoms with Crippen LogP contribution in [0.4, 0.5) is 0 Å². The van der Waals surface area contributed by atoms with E-state index in [9.17, 15) is 4.79 Å². The number of nitrogens with zero attached hydrogens (tertiary/aromatic N) is 1. The van der Waals surface area contributed by atoms with E-state index in [0.717, 1.165) is 0 Å². The molecule has 92 valence electrons. The number of esters is 1. The van der Waals surface area contributed by atoms with Gasteiger partial charge in [0.25, 0.3) is 0 Å². The number of fused-ring (bicyclic) bond motifs is 1. The van der Waals surface area contributed by atoms with Crippen LogP contribution in [-0.4, -0.2) is 44.7 Å². The van der Waals surface area contributed by atoms with Crippen molar-refractivity contribution >= 4 is 5.97 Å². The van der Waals surface area contributed by atoms with Gasteiger partial charge in [-0.1, -0.05) is 6.08 Å². The lowest BCUT2D eigenvalue weighted by Crippen LogP contribution is -2.44. The molecule has 0 fully saturated rings. The van der Waals surface area contributed by atoms with Crippen molar-refractivity contribution in [2.75, 3.05) is 27.8 Å². The molecule has 1 atom stereocenters. The second kappa shape index (κ2) is 4.53. The Morgan fingerprint density at radius 1 is 1.53 bits per heavy atom. The van der Waals surface area contributed by atoms with Crippen LogP contribution < -0.4 is 5.32 Å². The molecule has 0 aromatic heterocycles. The number of hydrogen-bond donors (Lipinski definition) is 1. The topological polar surface area (TPSA) is 50.8 Å². The molecule has 0 saturated heterocycles. The molecule has 0 bridgehead atoms. The number of carbonyl (C=O) groups is 1. The third-order valence-corrected chi connectivity index (χ3v) is 2.94. The maximum atomic E-state index is 11.8. The van der Waals surface area contributed by atoms with E-state index in [0.29, 0.717) is 18.0 Å². The highest BCUT2D eigenvalue weighted by Gasteiger charge is 2.35. The van der Waals surface area contributed by atoms with Crippen molar-refractivity contribution in [1.29, 1.82) is 0 Å². The predicted molar refractivity (Wildman–Crippen MR) is 62.8 cm³/mol. The molecule has 0 amide bonds. The largest absolute Gasteiger partial charge is 0.496 e. The minimum Gasteiger partial charge on any atom is -0.496 e. The summed E-state index contributed by atoms with van der Waals surface area (Å²) in [6.07, 6.45) is 5.81. The lowest BCUT2D eigenvalue weighted by atomic mass is 9.96. The molecule has 1 unspecified atom stereocenters. The Morgan fingerprint density at radius 3 is 2.94 bits per heavy atom. The summed E-state index contributed by atoms with van der Waals surface area (Å²) in [5, 5.41) is 3.19. The normalized spacial score (nSPS) is 22.6. The van der Waals surface area contributed by atoms with Gasteiger partial charge in [-0.3, -0.25) is 0 Å². The first-order chi connectivity index (χ1) is 8.19. The third kappa shape index (κ3) is 1.88. The minimum absolute atomic E-state index is 0.0738. The first-order valence-electron chi connectivity index (χ1n) is 5.38. The van der Waals surface area contributed by atoms with Gasteiger partial charge < -0.3 is 19.7 Å². The number of dihydropyridines is 1. The highest BCUT2D eigenvalue weighted by atomic mass is 16.5. The van der Waals surface area contributed by atoms with Crippen LogP contribution in [0.2, 0.25) is 0 Å². The number of nitrogens with one attached hydrogen (secondary N) is 1. The van der Waals surface area contributed by atoms with Gasteiger partial charge in [-0.25, -0.2) is 4.79 Å². The first-order valence-corrected chi connectivity index (χ1v) is 5.38. The van der Waals surface area contributed by atoms with Crippen LogP contribution in [0.1, 0.15) is 0 Å².